The average molecular weight is 261 g/mol. The third kappa shape index (κ3) is 4.04. The first kappa shape index (κ1) is 14.0. The highest BCUT2D eigenvalue weighted by atomic mass is 16.5. The Hall–Kier alpha value is -1.39. The molecule has 0 fully saturated rings. The molecule has 0 spiro atoms. The van der Waals surface area contributed by atoms with E-state index in [1.54, 1.807) is 7.11 Å². The lowest BCUT2D eigenvalue weighted by molar-refractivity contribution is 0.158. The molecular weight excluding hydrogens is 238 g/mol. The summed E-state index contributed by atoms with van der Waals surface area (Å²) in [7, 11) is 1.75. The lowest BCUT2D eigenvalue weighted by atomic mass is 10.2. The molecule has 0 aliphatic heterocycles. The number of nitrogens with one attached hydrogen (secondary N) is 1. The zero-order valence-corrected chi connectivity index (χ0v) is 11.8. The Kier molecular flexibility index (Phi) is 5.36. The lowest BCUT2D eigenvalue weighted by Gasteiger charge is -2.11. The largest absolute Gasteiger partial charge is 0.384 e. The van der Waals surface area contributed by atoms with Crippen LogP contribution < -0.4 is 5.32 Å². The summed E-state index contributed by atoms with van der Waals surface area (Å²) in [4.78, 5) is 4.40. The summed E-state index contributed by atoms with van der Waals surface area (Å²) in [6.45, 7) is 6.06. The minimum Gasteiger partial charge on any atom is -0.384 e. The Bertz CT molecular complexity index is 495. The number of imidazole rings is 1. The smallest absolute Gasteiger partial charge is 0.0958 e. The first-order chi connectivity index (χ1) is 9.31. The predicted octanol–water partition coefficient (Wildman–Crippen LogP) is 2.30. The predicted molar refractivity (Wildman–Crippen MR) is 78.3 cm³/mol. The molecule has 1 atom stereocenters. The van der Waals surface area contributed by atoms with Gasteiger partial charge in [0.2, 0.25) is 0 Å². The van der Waals surface area contributed by atoms with E-state index in [0.717, 1.165) is 38.2 Å². The van der Waals surface area contributed by atoms with E-state index in [4.69, 9.17) is 4.74 Å². The van der Waals surface area contributed by atoms with Crippen molar-refractivity contribution in [3.63, 3.8) is 0 Å². The van der Waals surface area contributed by atoms with Crippen LogP contribution >= 0.6 is 0 Å². The van der Waals surface area contributed by atoms with Crippen LogP contribution in [0, 0.1) is 5.92 Å². The molecule has 2 rings (SSSR count). The van der Waals surface area contributed by atoms with Crippen molar-refractivity contribution in [2.24, 2.45) is 5.92 Å². The van der Waals surface area contributed by atoms with Crippen molar-refractivity contribution in [2.75, 3.05) is 26.8 Å². The third-order valence-corrected chi connectivity index (χ3v) is 3.22. The van der Waals surface area contributed by atoms with Crippen LogP contribution in [0.15, 0.2) is 30.6 Å². The van der Waals surface area contributed by atoms with Crippen LogP contribution in [0.3, 0.4) is 0 Å². The molecule has 0 saturated carbocycles. The highest BCUT2D eigenvalue weighted by molar-refractivity contribution is 5.74. The van der Waals surface area contributed by atoms with E-state index < -0.39 is 0 Å². The van der Waals surface area contributed by atoms with Gasteiger partial charge in [0.25, 0.3) is 0 Å². The number of hydrogen-bond acceptors (Lipinski definition) is 3. The maximum atomic E-state index is 5.12. The lowest BCUT2D eigenvalue weighted by Crippen LogP contribution is -2.25. The maximum Gasteiger partial charge on any atom is 0.0958 e. The van der Waals surface area contributed by atoms with E-state index in [-0.39, 0.29) is 0 Å². The molecule has 2 aromatic rings. The van der Waals surface area contributed by atoms with E-state index in [0.29, 0.717) is 5.92 Å². The molecule has 104 valence electrons. The van der Waals surface area contributed by atoms with Gasteiger partial charge in [0.15, 0.2) is 0 Å². The van der Waals surface area contributed by atoms with Crippen molar-refractivity contribution in [1.29, 1.82) is 0 Å². The molecule has 19 heavy (non-hydrogen) atoms. The van der Waals surface area contributed by atoms with Crippen molar-refractivity contribution in [3.05, 3.63) is 30.6 Å². The quantitative estimate of drug-likeness (QED) is 0.741. The Balaban J connectivity index is 1.71. The van der Waals surface area contributed by atoms with Gasteiger partial charge in [0, 0.05) is 20.3 Å². The van der Waals surface area contributed by atoms with Crippen molar-refractivity contribution >= 4 is 11.0 Å². The van der Waals surface area contributed by atoms with E-state index in [1.807, 2.05) is 12.4 Å². The highest BCUT2D eigenvalue weighted by Crippen LogP contribution is 2.11. The van der Waals surface area contributed by atoms with Crippen molar-refractivity contribution < 1.29 is 4.74 Å². The molecule has 1 aromatic heterocycles. The number of rotatable bonds is 8. The minimum absolute atomic E-state index is 0.569. The van der Waals surface area contributed by atoms with Gasteiger partial charge >= 0.3 is 0 Å². The number of methoxy groups -OCH3 is 1. The van der Waals surface area contributed by atoms with Gasteiger partial charge in [-0.15, -0.1) is 0 Å². The zero-order chi connectivity index (χ0) is 13.5. The molecule has 1 N–H and O–H groups in total. The van der Waals surface area contributed by atoms with E-state index in [1.165, 1.54) is 5.52 Å². The SMILES string of the molecule is COCC(C)CNCCCn1cnc2ccccc21. The molecule has 4 nitrogen and oxygen atoms in total. The van der Waals surface area contributed by atoms with E-state index in [2.05, 4.69) is 40.0 Å². The van der Waals surface area contributed by atoms with Gasteiger partial charge < -0.3 is 14.6 Å². The Labute approximate surface area is 114 Å². The van der Waals surface area contributed by atoms with Gasteiger partial charge in [0.05, 0.1) is 17.4 Å². The molecule has 0 aliphatic carbocycles. The summed E-state index contributed by atoms with van der Waals surface area (Å²) in [5.74, 6) is 0.569. The summed E-state index contributed by atoms with van der Waals surface area (Å²) in [5.41, 5.74) is 2.29. The van der Waals surface area contributed by atoms with Gasteiger partial charge in [0.1, 0.15) is 0 Å². The van der Waals surface area contributed by atoms with Crippen LogP contribution in [0.4, 0.5) is 0 Å². The third-order valence-electron chi connectivity index (χ3n) is 3.22. The summed E-state index contributed by atoms with van der Waals surface area (Å²) >= 11 is 0. The first-order valence-corrected chi connectivity index (χ1v) is 6.91. The van der Waals surface area contributed by atoms with Crippen LogP contribution in [-0.4, -0.2) is 36.4 Å². The molecule has 0 radical (unpaired) electrons. The van der Waals surface area contributed by atoms with Crippen LogP contribution in [-0.2, 0) is 11.3 Å². The van der Waals surface area contributed by atoms with Gasteiger partial charge in [-0.2, -0.15) is 0 Å². The van der Waals surface area contributed by atoms with Crippen LogP contribution in [0.2, 0.25) is 0 Å². The number of aromatic nitrogens is 2. The highest BCUT2D eigenvalue weighted by Gasteiger charge is 2.02. The normalized spacial score (nSPS) is 12.9. The second kappa shape index (κ2) is 7.26. The summed E-state index contributed by atoms with van der Waals surface area (Å²) in [6.07, 6.45) is 3.04. The molecule has 0 saturated heterocycles. The fraction of sp³-hybridized carbons (Fsp3) is 0.533. The number of ether oxygens (including phenoxy) is 1. The van der Waals surface area contributed by atoms with Crippen molar-refractivity contribution in [1.82, 2.24) is 14.9 Å². The topological polar surface area (TPSA) is 39.1 Å². The van der Waals surface area contributed by atoms with Crippen LogP contribution in [0.1, 0.15) is 13.3 Å². The van der Waals surface area contributed by atoms with Crippen LogP contribution in [0.25, 0.3) is 11.0 Å². The second-order valence-electron chi connectivity index (χ2n) is 5.04. The Morgan fingerprint density at radius 3 is 3.05 bits per heavy atom. The van der Waals surface area contributed by atoms with Gasteiger partial charge in [-0.3, -0.25) is 0 Å². The van der Waals surface area contributed by atoms with E-state index >= 15 is 0 Å². The van der Waals surface area contributed by atoms with E-state index in [9.17, 15) is 0 Å². The Morgan fingerprint density at radius 2 is 2.21 bits per heavy atom. The molecule has 4 heteroatoms. The number of aryl methyl sites for hydroxylation is 1. The Morgan fingerprint density at radius 1 is 1.37 bits per heavy atom. The van der Waals surface area contributed by atoms with Gasteiger partial charge in [-0.05, 0) is 37.6 Å². The van der Waals surface area contributed by atoms with Crippen molar-refractivity contribution in [2.45, 2.75) is 19.9 Å². The molecule has 1 heterocycles. The number of nitrogens with zero attached hydrogens (tertiary/aromatic N) is 2. The summed E-state index contributed by atoms with van der Waals surface area (Å²) < 4.78 is 7.33. The molecule has 1 aromatic carbocycles. The monoisotopic (exact) mass is 261 g/mol. The maximum absolute atomic E-state index is 5.12. The van der Waals surface area contributed by atoms with Gasteiger partial charge in [-0.1, -0.05) is 19.1 Å². The molecule has 0 aliphatic rings. The number of fused-ring (bicyclic) bond motifs is 1. The van der Waals surface area contributed by atoms with Gasteiger partial charge in [-0.25, -0.2) is 4.98 Å². The standard InChI is InChI=1S/C15H23N3O/c1-13(11-19-2)10-16-8-5-9-18-12-17-14-6-3-4-7-15(14)18/h3-4,6-7,12-13,16H,5,8-11H2,1-2H3. The number of benzene rings is 1. The average Bonchev–Trinajstić information content (AvgIpc) is 2.82. The van der Waals surface area contributed by atoms with Crippen LogP contribution in [0.5, 0.6) is 0 Å². The second-order valence-corrected chi connectivity index (χ2v) is 5.04. The number of hydrogen-bond donors (Lipinski definition) is 1. The summed E-state index contributed by atoms with van der Waals surface area (Å²) in [6, 6.07) is 8.26. The zero-order valence-electron chi connectivity index (χ0n) is 11.8. The fourth-order valence-corrected chi connectivity index (χ4v) is 2.25. The molecule has 0 amide bonds. The molecule has 0 bridgehead atoms. The molecular formula is C15H23N3O. The fourth-order valence-electron chi connectivity index (χ4n) is 2.25. The first-order valence-electron chi connectivity index (χ1n) is 6.91. The minimum atomic E-state index is 0.569. The van der Waals surface area contributed by atoms with Crippen molar-refractivity contribution in [3.8, 4) is 0 Å². The summed E-state index contributed by atoms with van der Waals surface area (Å²) in [5, 5.41) is 3.47. The molecule has 1 unspecified atom stereocenters. The number of para-hydroxylation sites is 2.